The molecule has 2 aromatic rings. The molecule has 0 aliphatic rings. The molecule has 0 amide bonds. The van der Waals surface area contributed by atoms with Gasteiger partial charge in [-0.3, -0.25) is 0 Å². The minimum atomic E-state index is 0.488. The van der Waals surface area contributed by atoms with Crippen LogP contribution in [0.2, 0.25) is 5.02 Å². The Morgan fingerprint density at radius 2 is 1.86 bits per heavy atom. The fourth-order valence-corrected chi connectivity index (χ4v) is 2.29. The first-order valence-corrected chi connectivity index (χ1v) is 7.06. The molecule has 0 unspecified atom stereocenters. The summed E-state index contributed by atoms with van der Waals surface area (Å²) in [6.07, 6.45) is 3.71. The van der Waals surface area contributed by atoms with E-state index in [2.05, 4.69) is 15.3 Å². The minimum Gasteiger partial charge on any atom is -0.493 e. The van der Waals surface area contributed by atoms with Crippen LogP contribution < -0.4 is 19.5 Å². The Labute approximate surface area is 134 Å². The van der Waals surface area contributed by atoms with Crippen LogP contribution in [0, 0.1) is 0 Å². The largest absolute Gasteiger partial charge is 0.493 e. The number of nitrogens with zero attached hydrogens (tertiary/aromatic N) is 2. The molecule has 0 atom stereocenters. The Hall–Kier alpha value is -2.21. The number of anilines is 1. The molecule has 2 rings (SSSR count). The molecular weight excluding hydrogens is 306 g/mol. The highest BCUT2D eigenvalue weighted by Gasteiger charge is 2.15. The van der Waals surface area contributed by atoms with Crippen molar-refractivity contribution in [2.45, 2.75) is 6.42 Å². The summed E-state index contributed by atoms with van der Waals surface area (Å²) in [5.74, 6) is 2.49. The molecule has 22 heavy (non-hydrogen) atoms. The average Bonchev–Trinajstić information content (AvgIpc) is 2.55. The Bertz CT molecular complexity index is 637. The van der Waals surface area contributed by atoms with Gasteiger partial charge < -0.3 is 19.5 Å². The van der Waals surface area contributed by atoms with Gasteiger partial charge in [-0.2, -0.15) is 0 Å². The maximum Gasteiger partial charge on any atom is 0.203 e. The van der Waals surface area contributed by atoms with Gasteiger partial charge in [0.2, 0.25) is 5.75 Å². The molecule has 0 spiro atoms. The molecule has 6 nitrogen and oxygen atoms in total. The molecule has 7 heteroatoms. The molecule has 1 aromatic heterocycles. The predicted molar refractivity (Wildman–Crippen MR) is 85.3 cm³/mol. The molecule has 1 heterocycles. The number of rotatable bonds is 7. The van der Waals surface area contributed by atoms with Gasteiger partial charge in [0.1, 0.15) is 17.2 Å². The first kappa shape index (κ1) is 16.2. The van der Waals surface area contributed by atoms with Crippen LogP contribution in [0.3, 0.4) is 0 Å². The Kier molecular flexibility index (Phi) is 5.66. The molecule has 0 radical (unpaired) electrons. The predicted octanol–water partition coefficient (Wildman–Crippen LogP) is 2.81. The molecule has 0 saturated carbocycles. The van der Waals surface area contributed by atoms with E-state index in [0.717, 1.165) is 5.56 Å². The lowest BCUT2D eigenvalue weighted by atomic mass is 10.1. The SMILES string of the molecule is COc1ccc(CCNc2ncncc2Cl)c(OC)c1OC. The zero-order chi connectivity index (χ0) is 15.9. The number of aromatic nitrogens is 2. The fourth-order valence-electron chi connectivity index (χ4n) is 2.12. The van der Waals surface area contributed by atoms with E-state index in [0.29, 0.717) is 41.1 Å². The van der Waals surface area contributed by atoms with Crippen molar-refractivity contribution in [2.24, 2.45) is 0 Å². The molecular formula is C15H18ClN3O3. The smallest absolute Gasteiger partial charge is 0.203 e. The number of ether oxygens (including phenoxy) is 3. The maximum atomic E-state index is 6.00. The van der Waals surface area contributed by atoms with Crippen molar-refractivity contribution in [1.29, 1.82) is 0 Å². The highest BCUT2D eigenvalue weighted by Crippen LogP contribution is 2.39. The number of halogens is 1. The normalized spacial score (nSPS) is 10.2. The number of hydrogen-bond acceptors (Lipinski definition) is 6. The lowest BCUT2D eigenvalue weighted by molar-refractivity contribution is 0.322. The van der Waals surface area contributed by atoms with Gasteiger partial charge in [0.15, 0.2) is 11.5 Å². The van der Waals surface area contributed by atoms with Crippen LogP contribution in [0.25, 0.3) is 0 Å². The zero-order valence-corrected chi connectivity index (χ0v) is 13.5. The molecule has 1 aromatic carbocycles. The second-order valence-electron chi connectivity index (χ2n) is 4.39. The van der Waals surface area contributed by atoms with Gasteiger partial charge in [0, 0.05) is 12.1 Å². The number of benzene rings is 1. The Morgan fingerprint density at radius 3 is 2.50 bits per heavy atom. The van der Waals surface area contributed by atoms with E-state index in [-0.39, 0.29) is 0 Å². The third-order valence-electron chi connectivity index (χ3n) is 3.14. The lowest BCUT2D eigenvalue weighted by Gasteiger charge is -2.16. The van der Waals surface area contributed by atoms with E-state index in [4.69, 9.17) is 25.8 Å². The Morgan fingerprint density at radius 1 is 1.09 bits per heavy atom. The molecule has 1 N–H and O–H groups in total. The topological polar surface area (TPSA) is 65.5 Å². The molecule has 0 bridgehead atoms. The van der Waals surface area contributed by atoms with Crippen LogP contribution >= 0.6 is 11.6 Å². The lowest BCUT2D eigenvalue weighted by Crippen LogP contribution is -2.08. The third kappa shape index (κ3) is 3.51. The molecule has 0 fully saturated rings. The van der Waals surface area contributed by atoms with Crippen molar-refractivity contribution in [3.63, 3.8) is 0 Å². The van der Waals surface area contributed by atoms with Crippen molar-refractivity contribution < 1.29 is 14.2 Å². The number of nitrogens with one attached hydrogen (secondary N) is 1. The summed E-state index contributed by atoms with van der Waals surface area (Å²) in [6.45, 7) is 0.641. The van der Waals surface area contributed by atoms with E-state index in [1.807, 2.05) is 12.1 Å². The van der Waals surface area contributed by atoms with Crippen LogP contribution in [0.15, 0.2) is 24.7 Å². The molecule has 0 saturated heterocycles. The zero-order valence-electron chi connectivity index (χ0n) is 12.7. The van der Waals surface area contributed by atoms with E-state index < -0.39 is 0 Å². The van der Waals surface area contributed by atoms with Gasteiger partial charge in [0.05, 0.1) is 27.5 Å². The summed E-state index contributed by atoms with van der Waals surface area (Å²) in [5, 5.41) is 3.66. The van der Waals surface area contributed by atoms with Gasteiger partial charge in [-0.15, -0.1) is 0 Å². The van der Waals surface area contributed by atoms with Crippen molar-refractivity contribution in [1.82, 2.24) is 9.97 Å². The summed E-state index contributed by atoms with van der Waals surface area (Å²) in [5.41, 5.74) is 0.998. The van der Waals surface area contributed by atoms with Crippen LogP contribution in [0.5, 0.6) is 17.2 Å². The quantitative estimate of drug-likeness (QED) is 0.845. The van der Waals surface area contributed by atoms with Gasteiger partial charge in [-0.1, -0.05) is 17.7 Å². The summed E-state index contributed by atoms with van der Waals surface area (Å²) in [4.78, 5) is 7.93. The monoisotopic (exact) mass is 323 g/mol. The number of hydrogen-bond donors (Lipinski definition) is 1. The highest BCUT2D eigenvalue weighted by atomic mass is 35.5. The fraction of sp³-hybridized carbons (Fsp3) is 0.333. The summed E-state index contributed by atoms with van der Waals surface area (Å²) in [7, 11) is 4.79. The maximum absolute atomic E-state index is 6.00. The standard InChI is InChI=1S/C15H18ClN3O3/c1-20-12-5-4-10(13(21-2)14(12)22-3)6-7-18-15-11(16)8-17-9-19-15/h4-5,8-9H,6-7H2,1-3H3,(H,17,18,19). The van der Waals surface area contributed by atoms with Gasteiger partial charge in [0.25, 0.3) is 0 Å². The van der Waals surface area contributed by atoms with Crippen molar-refractivity contribution in [3.8, 4) is 17.2 Å². The first-order chi connectivity index (χ1) is 10.7. The molecule has 0 aliphatic carbocycles. The molecule has 0 aliphatic heterocycles. The van der Waals surface area contributed by atoms with Crippen LogP contribution in [-0.4, -0.2) is 37.8 Å². The van der Waals surface area contributed by atoms with Crippen molar-refractivity contribution in [3.05, 3.63) is 35.2 Å². The second kappa shape index (κ2) is 7.70. The summed E-state index contributed by atoms with van der Waals surface area (Å²) < 4.78 is 16.1. The van der Waals surface area contributed by atoms with Crippen LogP contribution in [0.1, 0.15) is 5.56 Å². The molecule has 118 valence electrons. The summed E-state index contributed by atoms with van der Waals surface area (Å²) in [6, 6.07) is 3.80. The van der Waals surface area contributed by atoms with Crippen LogP contribution in [0.4, 0.5) is 5.82 Å². The van der Waals surface area contributed by atoms with Crippen molar-refractivity contribution in [2.75, 3.05) is 33.2 Å². The second-order valence-corrected chi connectivity index (χ2v) is 4.80. The van der Waals surface area contributed by atoms with Gasteiger partial charge >= 0.3 is 0 Å². The highest BCUT2D eigenvalue weighted by molar-refractivity contribution is 6.32. The first-order valence-electron chi connectivity index (χ1n) is 6.68. The van der Waals surface area contributed by atoms with E-state index >= 15 is 0 Å². The van der Waals surface area contributed by atoms with E-state index in [9.17, 15) is 0 Å². The third-order valence-corrected chi connectivity index (χ3v) is 3.42. The Balaban J connectivity index is 2.11. The van der Waals surface area contributed by atoms with Crippen molar-refractivity contribution >= 4 is 17.4 Å². The van der Waals surface area contributed by atoms with E-state index in [1.54, 1.807) is 27.5 Å². The average molecular weight is 324 g/mol. The van der Waals surface area contributed by atoms with E-state index in [1.165, 1.54) is 6.33 Å². The van der Waals surface area contributed by atoms with Crippen LogP contribution in [-0.2, 0) is 6.42 Å². The minimum absolute atomic E-state index is 0.488. The summed E-state index contributed by atoms with van der Waals surface area (Å²) >= 11 is 6.00. The number of methoxy groups -OCH3 is 3. The van der Waals surface area contributed by atoms with Gasteiger partial charge in [-0.25, -0.2) is 9.97 Å². The van der Waals surface area contributed by atoms with Gasteiger partial charge in [-0.05, 0) is 12.5 Å².